The lowest BCUT2D eigenvalue weighted by atomic mass is 9.98. The van der Waals surface area contributed by atoms with Crippen molar-refractivity contribution in [3.63, 3.8) is 0 Å². The maximum Gasteiger partial charge on any atom is 0.225 e. The molecule has 0 atom stereocenters. The number of aliphatic hydroxyl groups is 1. The molecule has 1 saturated heterocycles. The Balaban J connectivity index is 1.70. The number of anilines is 1. The summed E-state index contributed by atoms with van der Waals surface area (Å²) >= 11 is 5.87. The molecular weight excluding hydrogens is 276 g/mol. The van der Waals surface area contributed by atoms with Gasteiger partial charge in [0.2, 0.25) is 5.91 Å². The van der Waals surface area contributed by atoms with Crippen molar-refractivity contribution in [2.45, 2.75) is 19.3 Å². The molecule has 0 saturated carbocycles. The van der Waals surface area contributed by atoms with Gasteiger partial charge in [0.15, 0.2) is 0 Å². The van der Waals surface area contributed by atoms with Gasteiger partial charge in [-0.1, -0.05) is 17.7 Å². The number of piperidine rings is 1. The van der Waals surface area contributed by atoms with Gasteiger partial charge in [0, 0.05) is 30.3 Å². The van der Waals surface area contributed by atoms with Crippen LogP contribution in [-0.2, 0) is 4.79 Å². The number of rotatable bonds is 5. The third-order valence-electron chi connectivity index (χ3n) is 3.73. The third-order valence-corrected chi connectivity index (χ3v) is 3.96. The summed E-state index contributed by atoms with van der Waals surface area (Å²) in [6.07, 6.45) is 2.52. The predicted molar refractivity (Wildman–Crippen MR) is 80.9 cm³/mol. The molecule has 20 heavy (non-hydrogen) atoms. The lowest BCUT2D eigenvalue weighted by Crippen LogP contribution is -2.36. The average molecular weight is 297 g/mol. The zero-order valence-electron chi connectivity index (χ0n) is 11.5. The molecular formula is C15H21ClN2O2. The van der Waals surface area contributed by atoms with Crippen LogP contribution in [0.4, 0.5) is 5.69 Å². The van der Waals surface area contributed by atoms with Crippen molar-refractivity contribution in [1.82, 2.24) is 4.90 Å². The van der Waals surface area contributed by atoms with E-state index in [1.807, 2.05) is 12.1 Å². The molecule has 0 unspecified atom stereocenters. The van der Waals surface area contributed by atoms with Gasteiger partial charge in [-0.05, 0) is 50.0 Å². The highest BCUT2D eigenvalue weighted by Gasteiger charge is 2.18. The maximum absolute atomic E-state index is 11.9. The van der Waals surface area contributed by atoms with E-state index in [1.54, 1.807) is 12.1 Å². The molecule has 0 aromatic heterocycles. The number of likely N-dealkylation sites (tertiary alicyclic amines) is 1. The minimum atomic E-state index is 0.0107. The van der Waals surface area contributed by atoms with Gasteiger partial charge in [0.25, 0.3) is 0 Å². The second kappa shape index (κ2) is 7.62. The van der Waals surface area contributed by atoms with Crippen LogP contribution >= 0.6 is 11.6 Å². The highest BCUT2D eigenvalue weighted by molar-refractivity contribution is 6.30. The average Bonchev–Trinajstić information content (AvgIpc) is 2.46. The second-order valence-corrected chi connectivity index (χ2v) is 5.71. The minimum Gasteiger partial charge on any atom is -0.396 e. The molecule has 0 aliphatic carbocycles. The molecule has 1 fully saturated rings. The zero-order valence-corrected chi connectivity index (χ0v) is 12.3. The molecule has 1 amide bonds. The number of hydrogen-bond acceptors (Lipinski definition) is 3. The summed E-state index contributed by atoms with van der Waals surface area (Å²) in [5, 5.41) is 12.6. The summed E-state index contributed by atoms with van der Waals surface area (Å²) in [6, 6.07) is 7.17. The topological polar surface area (TPSA) is 52.6 Å². The van der Waals surface area contributed by atoms with Gasteiger partial charge < -0.3 is 15.3 Å². The molecule has 2 rings (SSSR count). The Hall–Kier alpha value is -1.10. The fraction of sp³-hybridized carbons (Fsp3) is 0.533. The Morgan fingerprint density at radius 1 is 1.40 bits per heavy atom. The number of carbonyl (C=O) groups is 1. The molecule has 5 heteroatoms. The Morgan fingerprint density at radius 3 is 2.80 bits per heavy atom. The Morgan fingerprint density at radius 2 is 2.15 bits per heavy atom. The number of nitrogens with one attached hydrogen (secondary N) is 1. The van der Waals surface area contributed by atoms with E-state index in [-0.39, 0.29) is 12.5 Å². The smallest absolute Gasteiger partial charge is 0.225 e. The van der Waals surface area contributed by atoms with Crippen LogP contribution in [0.3, 0.4) is 0 Å². The highest BCUT2D eigenvalue weighted by atomic mass is 35.5. The SMILES string of the molecule is O=C(CCN1CCC(CO)CC1)Nc1cccc(Cl)c1. The first kappa shape index (κ1) is 15.3. The largest absolute Gasteiger partial charge is 0.396 e. The Labute approximate surface area is 124 Å². The van der Waals surface area contributed by atoms with Crippen molar-refractivity contribution in [3.8, 4) is 0 Å². The van der Waals surface area contributed by atoms with Gasteiger partial charge in [-0.25, -0.2) is 0 Å². The number of carbonyl (C=O) groups excluding carboxylic acids is 1. The van der Waals surface area contributed by atoms with Gasteiger partial charge in [0.05, 0.1) is 0 Å². The zero-order chi connectivity index (χ0) is 14.4. The maximum atomic E-state index is 11.9. The highest BCUT2D eigenvalue weighted by Crippen LogP contribution is 2.17. The van der Waals surface area contributed by atoms with Gasteiger partial charge in [-0.2, -0.15) is 0 Å². The first-order valence-corrected chi connectivity index (χ1v) is 7.44. The van der Waals surface area contributed by atoms with Crippen molar-refractivity contribution in [1.29, 1.82) is 0 Å². The molecule has 0 bridgehead atoms. The van der Waals surface area contributed by atoms with Crippen molar-refractivity contribution in [3.05, 3.63) is 29.3 Å². The summed E-state index contributed by atoms with van der Waals surface area (Å²) in [7, 11) is 0. The summed E-state index contributed by atoms with van der Waals surface area (Å²) in [5.41, 5.74) is 0.737. The van der Waals surface area contributed by atoms with Gasteiger partial charge in [-0.15, -0.1) is 0 Å². The van der Waals surface area contributed by atoms with Crippen LogP contribution in [0.2, 0.25) is 5.02 Å². The molecule has 2 N–H and O–H groups in total. The summed E-state index contributed by atoms with van der Waals surface area (Å²) < 4.78 is 0. The molecule has 4 nitrogen and oxygen atoms in total. The number of benzene rings is 1. The Bertz CT molecular complexity index is 445. The van der Waals surface area contributed by atoms with Crippen LogP contribution in [0.25, 0.3) is 0 Å². The fourth-order valence-electron chi connectivity index (χ4n) is 2.44. The second-order valence-electron chi connectivity index (χ2n) is 5.28. The Kier molecular flexibility index (Phi) is 5.83. The normalized spacial score (nSPS) is 17.1. The van der Waals surface area contributed by atoms with Crippen molar-refractivity contribution in [2.75, 3.05) is 31.6 Å². The standard InChI is InChI=1S/C15H21ClN2O2/c16-13-2-1-3-14(10-13)17-15(20)6-9-18-7-4-12(11-19)5-8-18/h1-3,10,12,19H,4-9,11H2,(H,17,20). The van der Waals surface area contributed by atoms with E-state index in [4.69, 9.17) is 16.7 Å². The minimum absolute atomic E-state index is 0.0107. The lowest BCUT2D eigenvalue weighted by molar-refractivity contribution is -0.116. The van der Waals surface area contributed by atoms with Crippen LogP contribution in [0.5, 0.6) is 0 Å². The van der Waals surface area contributed by atoms with Gasteiger partial charge >= 0.3 is 0 Å². The lowest BCUT2D eigenvalue weighted by Gasteiger charge is -2.30. The number of amides is 1. The van der Waals surface area contributed by atoms with Crippen LogP contribution in [0.1, 0.15) is 19.3 Å². The summed E-state index contributed by atoms with van der Waals surface area (Å²) in [4.78, 5) is 14.1. The van der Waals surface area contributed by atoms with Crippen molar-refractivity contribution in [2.24, 2.45) is 5.92 Å². The molecule has 0 radical (unpaired) electrons. The van der Waals surface area contributed by atoms with E-state index < -0.39 is 0 Å². The number of halogens is 1. The van der Waals surface area contributed by atoms with Crippen LogP contribution in [0.15, 0.2) is 24.3 Å². The van der Waals surface area contributed by atoms with E-state index in [0.717, 1.165) is 38.2 Å². The molecule has 1 heterocycles. The summed E-state index contributed by atoms with van der Waals surface area (Å²) in [5.74, 6) is 0.447. The molecule has 1 aliphatic rings. The van der Waals surface area contributed by atoms with Crippen LogP contribution in [0, 0.1) is 5.92 Å². The van der Waals surface area contributed by atoms with E-state index in [1.165, 1.54) is 0 Å². The fourth-order valence-corrected chi connectivity index (χ4v) is 2.63. The molecule has 110 valence electrons. The van der Waals surface area contributed by atoms with Crippen molar-refractivity contribution >= 4 is 23.2 Å². The van der Waals surface area contributed by atoms with E-state index in [9.17, 15) is 4.79 Å². The summed E-state index contributed by atoms with van der Waals surface area (Å²) in [6.45, 7) is 2.99. The van der Waals surface area contributed by atoms with E-state index >= 15 is 0 Å². The van der Waals surface area contributed by atoms with Crippen LogP contribution in [-0.4, -0.2) is 42.2 Å². The molecule has 0 spiro atoms. The molecule has 1 aliphatic heterocycles. The van der Waals surface area contributed by atoms with Gasteiger partial charge in [0.1, 0.15) is 0 Å². The molecule has 1 aromatic carbocycles. The number of nitrogens with zero attached hydrogens (tertiary/aromatic N) is 1. The number of aliphatic hydroxyl groups excluding tert-OH is 1. The molecule has 1 aromatic rings. The first-order chi connectivity index (χ1) is 9.67. The monoisotopic (exact) mass is 296 g/mol. The van der Waals surface area contributed by atoms with Gasteiger partial charge in [-0.3, -0.25) is 4.79 Å². The van der Waals surface area contributed by atoms with E-state index in [0.29, 0.717) is 17.4 Å². The van der Waals surface area contributed by atoms with Crippen LogP contribution < -0.4 is 5.32 Å². The predicted octanol–water partition coefficient (Wildman–Crippen LogP) is 2.37. The number of hydrogen-bond donors (Lipinski definition) is 2. The van der Waals surface area contributed by atoms with E-state index in [2.05, 4.69) is 10.2 Å². The third kappa shape index (κ3) is 4.78. The quantitative estimate of drug-likeness (QED) is 0.877. The van der Waals surface area contributed by atoms with Crippen molar-refractivity contribution < 1.29 is 9.90 Å². The first-order valence-electron chi connectivity index (χ1n) is 7.06.